The van der Waals surface area contributed by atoms with Crippen LogP contribution in [-0.4, -0.2) is 71.7 Å². The highest BCUT2D eigenvalue weighted by molar-refractivity contribution is 6.01. The van der Waals surface area contributed by atoms with Crippen LogP contribution in [0.25, 0.3) is 22.4 Å². The normalized spacial score (nSPS) is 14.9. The number of methoxy groups -OCH3 is 1. The third-order valence-electron chi connectivity index (χ3n) is 4.71. The van der Waals surface area contributed by atoms with Crippen LogP contribution in [0.4, 0.5) is 0 Å². The lowest BCUT2D eigenvalue weighted by molar-refractivity contribution is -0.135. The Labute approximate surface area is 155 Å². The van der Waals surface area contributed by atoms with Crippen LogP contribution in [0.5, 0.6) is 0 Å². The molecule has 2 amide bonds. The maximum Gasteiger partial charge on any atom is 0.258 e. The highest BCUT2D eigenvalue weighted by atomic mass is 16.5. The van der Waals surface area contributed by atoms with Crippen LogP contribution >= 0.6 is 0 Å². The van der Waals surface area contributed by atoms with Crippen molar-refractivity contribution >= 4 is 22.8 Å². The second-order valence-electron chi connectivity index (χ2n) is 6.41. The van der Waals surface area contributed by atoms with Crippen molar-refractivity contribution in [3.05, 3.63) is 42.1 Å². The number of rotatable bonds is 5. The Hall–Kier alpha value is -3.13. The zero-order chi connectivity index (χ0) is 18.8. The van der Waals surface area contributed by atoms with Crippen LogP contribution in [0.15, 0.2) is 40.9 Å². The van der Waals surface area contributed by atoms with Gasteiger partial charge in [0.15, 0.2) is 5.76 Å². The van der Waals surface area contributed by atoms with Gasteiger partial charge >= 0.3 is 0 Å². The summed E-state index contributed by atoms with van der Waals surface area (Å²) in [6, 6.07) is 9.50. The van der Waals surface area contributed by atoms with E-state index in [1.807, 2.05) is 30.3 Å². The molecule has 0 spiro atoms. The fraction of sp³-hybridized carbons (Fsp3) is 0.316. The molecule has 1 fully saturated rings. The van der Waals surface area contributed by atoms with Crippen molar-refractivity contribution in [3.8, 4) is 11.5 Å². The number of aromatic amines is 1. The van der Waals surface area contributed by atoms with Crippen molar-refractivity contribution < 1.29 is 18.7 Å². The zero-order valence-electron chi connectivity index (χ0n) is 15.0. The van der Waals surface area contributed by atoms with E-state index >= 15 is 0 Å². The van der Waals surface area contributed by atoms with Crippen molar-refractivity contribution in [2.75, 3.05) is 39.9 Å². The van der Waals surface area contributed by atoms with Crippen LogP contribution in [0.3, 0.4) is 0 Å². The second-order valence-corrected chi connectivity index (χ2v) is 6.41. The third-order valence-corrected chi connectivity index (χ3v) is 4.71. The van der Waals surface area contributed by atoms with Gasteiger partial charge in [-0.15, -0.1) is 0 Å². The molecule has 1 aromatic carbocycles. The number of nitrogens with zero attached hydrogens (tertiary/aromatic N) is 3. The van der Waals surface area contributed by atoms with Gasteiger partial charge < -0.3 is 19.0 Å². The molecule has 4 rings (SSSR count). The van der Waals surface area contributed by atoms with E-state index in [9.17, 15) is 9.59 Å². The zero-order valence-corrected chi connectivity index (χ0v) is 15.0. The van der Waals surface area contributed by atoms with Crippen molar-refractivity contribution in [2.45, 2.75) is 0 Å². The molecule has 0 radical (unpaired) electrons. The number of carbonyl (C=O) groups is 2. The van der Waals surface area contributed by atoms with E-state index in [1.165, 1.54) is 6.20 Å². The van der Waals surface area contributed by atoms with Gasteiger partial charge in [-0.3, -0.25) is 14.7 Å². The van der Waals surface area contributed by atoms with Gasteiger partial charge in [0.05, 0.1) is 18.4 Å². The number of ether oxygens (including phenoxy) is 1. The fourth-order valence-corrected chi connectivity index (χ4v) is 3.23. The monoisotopic (exact) mass is 368 g/mol. The number of benzene rings is 1. The van der Waals surface area contributed by atoms with Crippen LogP contribution in [0.2, 0.25) is 0 Å². The number of carbonyl (C=O) groups excluding carboxylic acids is 2. The Morgan fingerprint density at radius 1 is 1.33 bits per heavy atom. The molecule has 0 unspecified atom stereocenters. The lowest BCUT2D eigenvalue weighted by Crippen LogP contribution is -2.52. The lowest BCUT2D eigenvalue weighted by atomic mass is 10.1. The maximum absolute atomic E-state index is 13.0. The molecule has 1 aliphatic rings. The molecule has 8 nitrogen and oxygen atoms in total. The van der Waals surface area contributed by atoms with Gasteiger partial charge in [0, 0.05) is 32.1 Å². The minimum atomic E-state index is -0.237. The van der Waals surface area contributed by atoms with Crippen LogP contribution < -0.4 is 0 Å². The van der Waals surface area contributed by atoms with Crippen LogP contribution in [0.1, 0.15) is 10.4 Å². The maximum atomic E-state index is 13.0. The standard InChI is InChI=1S/C19H20N4O4/c1-26-9-8-22-6-7-23(12-17(22)24)19(25)14-11-20-21-18(14)16-10-13-4-2-3-5-15(13)27-16/h2-5,10-11H,6-9,12H2,1H3,(H,20,21). The number of hydrogen-bond donors (Lipinski definition) is 1. The van der Waals surface area contributed by atoms with Crippen molar-refractivity contribution in [1.82, 2.24) is 20.0 Å². The second kappa shape index (κ2) is 7.24. The van der Waals surface area contributed by atoms with E-state index < -0.39 is 0 Å². The highest BCUT2D eigenvalue weighted by Crippen LogP contribution is 2.29. The smallest absolute Gasteiger partial charge is 0.258 e. The Kier molecular flexibility index (Phi) is 4.64. The first-order valence-electron chi connectivity index (χ1n) is 8.75. The summed E-state index contributed by atoms with van der Waals surface area (Å²) in [6.07, 6.45) is 1.48. The van der Waals surface area contributed by atoms with Gasteiger partial charge in [0.2, 0.25) is 5.91 Å². The van der Waals surface area contributed by atoms with Crippen molar-refractivity contribution in [1.29, 1.82) is 0 Å². The van der Waals surface area contributed by atoms with E-state index in [1.54, 1.807) is 16.9 Å². The Morgan fingerprint density at radius 3 is 2.96 bits per heavy atom. The molecule has 0 atom stereocenters. The molecule has 1 N–H and O–H groups in total. The number of para-hydroxylation sites is 1. The highest BCUT2D eigenvalue weighted by Gasteiger charge is 2.30. The molecule has 8 heteroatoms. The van der Waals surface area contributed by atoms with Gasteiger partial charge in [-0.25, -0.2) is 0 Å². The first-order chi connectivity index (χ1) is 13.2. The topological polar surface area (TPSA) is 91.7 Å². The molecule has 0 bridgehead atoms. The fourth-order valence-electron chi connectivity index (χ4n) is 3.23. The van der Waals surface area contributed by atoms with Gasteiger partial charge in [0.1, 0.15) is 17.8 Å². The minimum absolute atomic E-state index is 0.0489. The SMILES string of the molecule is COCCN1CCN(C(=O)c2cn[nH]c2-c2cc3ccccc3o2)CC1=O. The average Bonchev–Trinajstić information content (AvgIpc) is 3.32. The Balaban J connectivity index is 1.54. The van der Waals surface area contributed by atoms with Crippen LogP contribution in [0, 0.1) is 0 Å². The largest absolute Gasteiger partial charge is 0.454 e. The molecule has 1 saturated heterocycles. The predicted octanol–water partition coefficient (Wildman–Crippen LogP) is 1.75. The van der Waals surface area contributed by atoms with Crippen LogP contribution in [-0.2, 0) is 9.53 Å². The summed E-state index contributed by atoms with van der Waals surface area (Å²) in [5.74, 6) is 0.224. The number of amides is 2. The number of hydrogen-bond acceptors (Lipinski definition) is 5. The molecule has 1 aliphatic heterocycles. The Morgan fingerprint density at radius 2 is 2.19 bits per heavy atom. The van der Waals surface area contributed by atoms with Gasteiger partial charge in [0.25, 0.3) is 5.91 Å². The predicted molar refractivity (Wildman–Crippen MR) is 98.2 cm³/mol. The Bertz CT molecular complexity index is 944. The van der Waals surface area contributed by atoms with E-state index in [0.717, 1.165) is 11.0 Å². The lowest BCUT2D eigenvalue weighted by Gasteiger charge is -2.34. The van der Waals surface area contributed by atoms with Crippen molar-refractivity contribution in [2.24, 2.45) is 0 Å². The average molecular weight is 368 g/mol. The summed E-state index contributed by atoms with van der Waals surface area (Å²) < 4.78 is 10.9. The summed E-state index contributed by atoms with van der Waals surface area (Å²) in [6.45, 7) is 2.03. The van der Waals surface area contributed by atoms with Gasteiger partial charge in [-0.05, 0) is 12.1 Å². The van der Waals surface area contributed by atoms with Gasteiger partial charge in [-0.2, -0.15) is 5.10 Å². The molecule has 3 aromatic rings. The van der Waals surface area contributed by atoms with E-state index in [-0.39, 0.29) is 18.4 Å². The summed E-state index contributed by atoms with van der Waals surface area (Å²) >= 11 is 0. The van der Waals surface area contributed by atoms with E-state index in [2.05, 4.69) is 10.2 Å². The number of H-pyrrole nitrogens is 1. The number of fused-ring (bicyclic) bond motifs is 1. The van der Waals surface area contributed by atoms with Gasteiger partial charge in [-0.1, -0.05) is 18.2 Å². The molecule has 140 valence electrons. The quantitative estimate of drug-likeness (QED) is 0.741. The first kappa shape index (κ1) is 17.3. The molecule has 0 aliphatic carbocycles. The summed E-state index contributed by atoms with van der Waals surface area (Å²) in [5.41, 5.74) is 1.65. The molecule has 27 heavy (non-hydrogen) atoms. The molecule has 0 saturated carbocycles. The number of furan rings is 1. The molecular weight excluding hydrogens is 348 g/mol. The number of piperazine rings is 1. The third kappa shape index (κ3) is 3.31. The summed E-state index contributed by atoms with van der Waals surface area (Å²) in [4.78, 5) is 28.5. The molecular formula is C19H20N4O4. The van der Waals surface area contributed by atoms with E-state index in [0.29, 0.717) is 43.3 Å². The number of nitrogens with one attached hydrogen (secondary N) is 1. The van der Waals surface area contributed by atoms with E-state index in [4.69, 9.17) is 9.15 Å². The summed E-state index contributed by atoms with van der Waals surface area (Å²) in [7, 11) is 1.60. The van der Waals surface area contributed by atoms with Crippen molar-refractivity contribution in [3.63, 3.8) is 0 Å². The molecule has 2 aromatic heterocycles. The minimum Gasteiger partial charge on any atom is -0.454 e. The summed E-state index contributed by atoms with van der Waals surface area (Å²) in [5, 5.41) is 7.81. The molecule has 3 heterocycles. The first-order valence-corrected chi connectivity index (χ1v) is 8.75. The number of aromatic nitrogens is 2.